The van der Waals surface area contributed by atoms with Gasteiger partial charge in [0.05, 0.1) is 12.5 Å². The molecule has 0 atom stereocenters. The van der Waals surface area contributed by atoms with Crippen LogP contribution in [0.15, 0.2) is 34.7 Å². The molecular weight excluding hydrogens is 188 g/mol. The van der Waals surface area contributed by atoms with Crippen molar-refractivity contribution in [2.75, 3.05) is 0 Å². The molecule has 3 nitrogen and oxygen atoms in total. The number of hydrogen-bond donors (Lipinski definition) is 0. The number of benzene rings is 1. The molecule has 0 amide bonds. The molecule has 0 saturated heterocycles. The van der Waals surface area contributed by atoms with Crippen LogP contribution in [0.25, 0.3) is 11.3 Å². The van der Waals surface area contributed by atoms with Gasteiger partial charge in [-0.05, 0) is 0 Å². The fourth-order valence-electron chi connectivity index (χ4n) is 1.48. The molecule has 15 heavy (non-hydrogen) atoms. The number of hydrogen-bond acceptors (Lipinski definition) is 3. The Kier molecular flexibility index (Phi) is 2.51. The Bertz CT molecular complexity index is 494. The van der Waals surface area contributed by atoms with E-state index in [1.807, 2.05) is 30.3 Å². The maximum Gasteiger partial charge on any atom is 0.191 e. The van der Waals surface area contributed by atoms with Gasteiger partial charge in [0.1, 0.15) is 11.5 Å². The number of aromatic nitrogens is 1. The van der Waals surface area contributed by atoms with Crippen LogP contribution in [0.2, 0.25) is 0 Å². The van der Waals surface area contributed by atoms with Crippen molar-refractivity contribution in [3.05, 3.63) is 42.0 Å². The lowest BCUT2D eigenvalue weighted by Crippen LogP contribution is -1.84. The van der Waals surface area contributed by atoms with Crippen molar-refractivity contribution < 1.29 is 4.42 Å². The molecule has 1 aromatic heterocycles. The lowest BCUT2D eigenvalue weighted by molar-refractivity contribution is 0.487. The highest BCUT2D eigenvalue weighted by Crippen LogP contribution is 2.23. The number of oxazole rings is 1. The summed E-state index contributed by atoms with van der Waals surface area (Å²) in [6.45, 7) is 1.79. The standard InChI is InChI=1S/C12H10N2O/c1-9-14-12(11(15-9)7-8-13)10-5-3-2-4-6-10/h2-6H,7H2,1H3. The molecule has 0 aliphatic rings. The Morgan fingerprint density at radius 3 is 2.73 bits per heavy atom. The summed E-state index contributed by atoms with van der Waals surface area (Å²) in [5.41, 5.74) is 1.76. The van der Waals surface area contributed by atoms with E-state index in [1.165, 1.54) is 0 Å². The molecule has 0 aliphatic heterocycles. The van der Waals surface area contributed by atoms with Crippen LogP contribution in [0.1, 0.15) is 11.7 Å². The minimum atomic E-state index is 0.255. The summed E-state index contributed by atoms with van der Waals surface area (Å²) < 4.78 is 5.38. The fourth-order valence-corrected chi connectivity index (χ4v) is 1.48. The van der Waals surface area contributed by atoms with Gasteiger partial charge >= 0.3 is 0 Å². The summed E-state index contributed by atoms with van der Waals surface area (Å²) in [5.74, 6) is 1.24. The number of aryl methyl sites for hydroxylation is 1. The Hall–Kier alpha value is -2.08. The minimum Gasteiger partial charge on any atom is -0.444 e. The third-order valence-corrected chi connectivity index (χ3v) is 2.09. The Morgan fingerprint density at radius 2 is 2.07 bits per heavy atom. The van der Waals surface area contributed by atoms with Crippen LogP contribution in [0.4, 0.5) is 0 Å². The van der Waals surface area contributed by atoms with Gasteiger partial charge in [0.15, 0.2) is 5.89 Å². The monoisotopic (exact) mass is 198 g/mol. The van der Waals surface area contributed by atoms with E-state index in [0.29, 0.717) is 11.7 Å². The first-order valence-corrected chi connectivity index (χ1v) is 4.70. The summed E-state index contributed by atoms with van der Waals surface area (Å²) in [7, 11) is 0. The van der Waals surface area contributed by atoms with Gasteiger partial charge in [-0.3, -0.25) is 0 Å². The Balaban J connectivity index is 2.49. The topological polar surface area (TPSA) is 49.8 Å². The molecule has 1 aromatic carbocycles. The van der Waals surface area contributed by atoms with Crippen molar-refractivity contribution in [1.82, 2.24) is 4.98 Å². The molecule has 0 bridgehead atoms. The number of nitrogens with zero attached hydrogens (tertiary/aromatic N) is 2. The van der Waals surface area contributed by atoms with E-state index in [1.54, 1.807) is 6.92 Å². The first-order chi connectivity index (χ1) is 7.31. The van der Waals surface area contributed by atoms with Crippen molar-refractivity contribution in [3.63, 3.8) is 0 Å². The molecule has 0 N–H and O–H groups in total. The first kappa shape index (κ1) is 9.47. The third kappa shape index (κ3) is 1.89. The van der Waals surface area contributed by atoms with Crippen molar-refractivity contribution in [1.29, 1.82) is 5.26 Å². The van der Waals surface area contributed by atoms with Crippen LogP contribution < -0.4 is 0 Å². The zero-order valence-electron chi connectivity index (χ0n) is 8.40. The SMILES string of the molecule is Cc1nc(-c2ccccc2)c(CC#N)o1. The van der Waals surface area contributed by atoms with E-state index < -0.39 is 0 Å². The van der Waals surface area contributed by atoms with Crippen LogP contribution in [-0.2, 0) is 6.42 Å². The smallest absolute Gasteiger partial charge is 0.191 e. The van der Waals surface area contributed by atoms with E-state index in [9.17, 15) is 0 Å². The molecule has 2 aromatic rings. The zero-order chi connectivity index (χ0) is 10.7. The number of rotatable bonds is 2. The van der Waals surface area contributed by atoms with E-state index >= 15 is 0 Å². The molecule has 0 saturated carbocycles. The van der Waals surface area contributed by atoms with Crippen LogP contribution in [0.5, 0.6) is 0 Å². The Labute approximate surface area is 88.0 Å². The predicted octanol–water partition coefficient (Wildman–Crippen LogP) is 2.72. The molecule has 3 heteroatoms. The van der Waals surface area contributed by atoms with Crippen molar-refractivity contribution in [2.24, 2.45) is 0 Å². The lowest BCUT2D eigenvalue weighted by Gasteiger charge is -1.96. The highest BCUT2D eigenvalue weighted by atomic mass is 16.4. The van der Waals surface area contributed by atoms with Crippen molar-refractivity contribution >= 4 is 0 Å². The normalized spacial score (nSPS) is 9.87. The van der Waals surface area contributed by atoms with E-state index in [2.05, 4.69) is 11.1 Å². The quantitative estimate of drug-likeness (QED) is 0.745. The maximum atomic E-state index is 8.66. The average molecular weight is 198 g/mol. The molecule has 0 unspecified atom stereocenters. The van der Waals surface area contributed by atoms with Crippen molar-refractivity contribution in [2.45, 2.75) is 13.3 Å². The molecule has 0 spiro atoms. The molecular formula is C12H10N2O. The second kappa shape index (κ2) is 3.97. The van der Waals surface area contributed by atoms with Crippen LogP contribution >= 0.6 is 0 Å². The highest BCUT2D eigenvalue weighted by Gasteiger charge is 2.11. The van der Waals surface area contributed by atoms with Crippen LogP contribution in [-0.4, -0.2) is 4.98 Å². The summed E-state index contributed by atoms with van der Waals surface area (Å²) in [4.78, 5) is 4.28. The van der Waals surface area contributed by atoms with Crippen molar-refractivity contribution in [3.8, 4) is 17.3 Å². The minimum absolute atomic E-state index is 0.255. The number of nitriles is 1. The highest BCUT2D eigenvalue weighted by molar-refractivity contribution is 5.61. The average Bonchev–Trinajstić information content (AvgIpc) is 2.62. The predicted molar refractivity (Wildman–Crippen MR) is 56.0 cm³/mol. The largest absolute Gasteiger partial charge is 0.444 e. The zero-order valence-corrected chi connectivity index (χ0v) is 8.40. The van der Waals surface area contributed by atoms with E-state index in [-0.39, 0.29) is 6.42 Å². The summed E-state index contributed by atoms with van der Waals surface area (Å²) in [5, 5.41) is 8.66. The third-order valence-electron chi connectivity index (χ3n) is 2.09. The molecule has 74 valence electrons. The molecule has 2 rings (SSSR count). The summed E-state index contributed by atoms with van der Waals surface area (Å²) in [6, 6.07) is 11.8. The molecule has 1 heterocycles. The second-order valence-corrected chi connectivity index (χ2v) is 3.21. The van der Waals surface area contributed by atoms with Gasteiger partial charge in [-0.1, -0.05) is 30.3 Å². The molecule has 0 fully saturated rings. The Morgan fingerprint density at radius 1 is 1.33 bits per heavy atom. The van der Waals surface area contributed by atoms with Gasteiger partial charge in [0.2, 0.25) is 0 Å². The summed E-state index contributed by atoms with van der Waals surface area (Å²) >= 11 is 0. The molecule has 0 radical (unpaired) electrons. The van der Waals surface area contributed by atoms with Gasteiger partial charge in [-0.15, -0.1) is 0 Å². The van der Waals surface area contributed by atoms with Crippen LogP contribution in [0, 0.1) is 18.3 Å². The van der Waals surface area contributed by atoms with Crippen LogP contribution in [0.3, 0.4) is 0 Å². The van der Waals surface area contributed by atoms with Gasteiger partial charge in [-0.25, -0.2) is 4.98 Å². The van der Waals surface area contributed by atoms with Gasteiger partial charge in [0, 0.05) is 12.5 Å². The first-order valence-electron chi connectivity index (χ1n) is 4.70. The van der Waals surface area contributed by atoms with Gasteiger partial charge in [-0.2, -0.15) is 5.26 Å². The maximum absolute atomic E-state index is 8.66. The fraction of sp³-hybridized carbons (Fsp3) is 0.167. The van der Waals surface area contributed by atoms with Gasteiger partial charge in [0.25, 0.3) is 0 Å². The molecule has 0 aliphatic carbocycles. The summed E-state index contributed by atoms with van der Waals surface area (Å²) in [6.07, 6.45) is 0.255. The van der Waals surface area contributed by atoms with Gasteiger partial charge < -0.3 is 4.42 Å². The second-order valence-electron chi connectivity index (χ2n) is 3.21. The lowest BCUT2D eigenvalue weighted by atomic mass is 10.1. The van der Waals surface area contributed by atoms with E-state index in [0.717, 1.165) is 11.3 Å². The van der Waals surface area contributed by atoms with E-state index in [4.69, 9.17) is 9.68 Å².